The Morgan fingerprint density at radius 1 is 1.00 bits per heavy atom. The third-order valence-corrected chi connectivity index (χ3v) is 6.37. The molecular weight excluding hydrogens is 338 g/mol. The molecule has 0 saturated heterocycles. The van der Waals surface area contributed by atoms with Crippen molar-refractivity contribution in [1.29, 1.82) is 0 Å². The van der Waals surface area contributed by atoms with Gasteiger partial charge in [-0.3, -0.25) is 4.79 Å². The van der Waals surface area contributed by atoms with Crippen LogP contribution in [0.15, 0.2) is 53.9 Å². The van der Waals surface area contributed by atoms with Crippen molar-refractivity contribution in [3.05, 3.63) is 92.2 Å². The van der Waals surface area contributed by atoms with Gasteiger partial charge in [0, 0.05) is 17.0 Å². The molecule has 0 spiro atoms. The van der Waals surface area contributed by atoms with Crippen LogP contribution in [-0.4, -0.2) is 17.4 Å². The first kappa shape index (κ1) is 17.0. The van der Waals surface area contributed by atoms with Crippen LogP contribution >= 0.6 is 11.3 Å². The lowest BCUT2D eigenvalue weighted by molar-refractivity contribution is 0.0696. The van der Waals surface area contributed by atoms with Crippen molar-refractivity contribution in [3.63, 3.8) is 0 Å². The highest BCUT2D eigenvalue weighted by Gasteiger charge is 2.33. The Morgan fingerprint density at radius 2 is 1.77 bits per heavy atom. The summed E-state index contributed by atoms with van der Waals surface area (Å²) >= 11 is 1.80. The number of fused-ring (bicyclic) bond motifs is 1. The molecule has 1 aliphatic heterocycles. The van der Waals surface area contributed by atoms with Crippen molar-refractivity contribution < 1.29 is 4.79 Å². The highest BCUT2D eigenvalue weighted by Crippen LogP contribution is 2.38. The number of rotatable bonds is 2. The van der Waals surface area contributed by atoms with Gasteiger partial charge in [-0.15, -0.1) is 11.3 Å². The van der Waals surface area contributed by atoms with Gasteiger partial charge in [0.1, 0.15) is 0 Å². The largest absolute Gasteiger partial charge is 0.327 e. The summed E-state index contributed by atoms with van der Waals surface area (Å²) in [6.45, 7) is 7.00. The first-order valence-electron chi connectivity index (χ1n) is 9.05. The molecule has 1 aliphatic rings. The zero-order valence-corrected chi connectivity index (χ0v) is 16.3. The van der Waals surface area contributed by atoms with Gasteiger partial charge in [0.05, 0.1) is 6.04 Å². The van der Waals surface area contributed by atoms with Crippen LogP contribution in [0.5, 0.6) is 0 Å². The zero-order chi connectivity index (χ0) is 18.3. The summed E-state index contributed by atoms with van der Waals surface area (Å²) in [5, 5.41) is 2.15. The summed E-state index contributed by atoms with van der Waals surface area (Å²) in [4.78, 5) is 16.8. The molecule has 1 amide bonds. The molecule has 0 aliphatic carbocycles. The van der Waals surface area contributed by atoms with Crippen molar-refractivity contribution in [3.8, 4) is 0 Å². The third kappa shape index (κ3) is 2.97. The number of amides is 1. The third-order valence-electron chi connectivity index (χ3n) is 5.37. The first-order chi connectivity index (χ1) is 12.5. The quantitative estimate of drug-likeness (QED) is 0.593. The average molecular weight is 362 g/mol. The number of hydrogen-bond acceptors (Lipinski definition) is 2. The Balaban J connectivity index is 1.77. The fourth-order valence-electron chi connectivity index (χ4n) is 3.68. The minimum Gasteiger partial charge on any atom is -0.327 e. The summed E-state index contributed by atoms with van der Waals surface area (Å²) in [6, 6.07) is 16.8. The minimum atomic E-state index is -0.000269. The van der Waals surface area contributed by atoms with Crippen molar-refractivity contribution >= 4 is 17.2 Å². The van der Waals surface area contributed by atoms with E-state index in [0.717, 1.165) is 24.1 Å². The van der Waals surface area contributed by atoms with E-state index in [9.17, 15) is 4.79 Å². The van der Waals surface area contributed by atoms with Crippen LogP contribution in [0.25, 0.3) is 0 Å². The predicted octanol–water partition coefficient (Wildman–Crippen LogP) is 5.46. The monoisotopic (exact) mass is 361 g/mol. The molecule has 3 heteroatoms. The number of carbonyl (C=O) groups is 1. The van der Waals surface area contributed by atoms with E-state index in [1.54, 1.807) is 11.3 Å². The molecule has 2 aromatic carbocycles. The van der Waals surface area contributed by atoms with Gasteiger partial charge >= 0.3 is 0 Å². The normalized spacial score (nSPS) is 16.4. The molecule has 1 unspecified atom stereocenters. The molecule has 26 heavy (non-hydrogen) atoms. The summed E-state index contributed by atoms with van der Waals surface area (Å²) < 4.78 is 0. The molecule has 0 radical (unpaired) electrons. The molecule has 2 heterocycles. The van der Waals surface area contributed by atoms with Gasteiger partial charge in [-0.2, -0.15) is 0 Å². The van der Waals surface area contributed by atoms with Crippen LogP contribution in [0.2, 0.25) is 0 Å². The Morgan fingerprint density at radius 3 is 2.50 bits per heavy atom. The topological polar surface area (TPSA) is 20.3 Å². The summed E-state index contributed by atoms with van der Waals surface area (Å²) in [7, 11) is 0. The van der Waals surface area contributed by atoms with Gasteiger partial charge in [-0.25, -0.2) is 0 Å². The molecule has 1 atom stereocenters. The van der Waals surface area contributed by atoms with Crippen LogP contribution in [0, 0.1) is 20.8 Å². The second-order valence-corrected chi connectivity index (χ2v) is 8.16. The molecule has 4 rings (SSSR count). The molecular formula is C23H23NOS. The maximum Gasteiger partial charge on any atom is 0.254 e. The van der Waals surface area contributed by atoms with Gasteiger partial charge in [0.2, 0.25) is 0 Å². The van der Waals surface area contributed by atoms with E-state index < -0.39 is 0 Å². The van der Waals surface area contributed by atoms with Crippen molar-refractivity contribution in [2.75, 3.05) is 6.54 Å². The van der Waals surface area contributed by atoms with E-state index in [0.29, 0.717) is 0 Å². The van der Waals surface area contributed by atoms with Crippen molar-refractivity contribution in [2.24, 2.45) is 0 Å². The summed E-state index contributed by atoms with van der Waals surface area (Å²) in [5.74, 6) is 0.121. The SMILES string of the molecule is Cc1ccc(C2c3ccsc3CCN2C(=O)c2ccc(C)c(C)c2)cc1. The number of carbonyl (C=O) groups excluding carboxylic acids is 1. The molecule has 3 aromatic rings. The second-order valence-electron chi connectivity index (χ2n) is 7.16. The molecule has 2 nitrogen and oxygen atoms in total. The lowest BCUT2D eigenvalue weighted by Gasteiger charge is -2.36. The fourth-order valence-corrected chi connectivity index (χ4v) is 4.59. The lowest BCUT2D eigenvalue weighted by Crippen LogP contribution is -2.40. The Bertz CT molecular complexity index is 955. The molecule has 0 bridgehead atoms. The smallest absolute Gasteiger partial charge is 0.254 e. The second kappa shape index (κ2) is 6.73. The van der Waals surface area contributed by atoms with Gasteiger partial charge in [0.25, 0.3) is 5.91 Å². The molecule has 132 valence electrons. The molecule has 0 saturated carbocycles. The summed E-state index contributed by atoms with van der Waals surface area (Å²) in [5.41, 5.74) is 6.87. The molecule has 1 aromatic heterocycles. The number of thiophene rings is 1. The zero-order valence-electron chi connectivity index (χ0n) is 15.5. The number of benzene rings is 2. The minimum absolute atomic E-state index is 0.000269. The maximum absolute atomic E-state index is 13.4. The molecule has 0 N–H and O–H groups in total. The van der Waals surface area contributed by atoms with Gasteiger partial charge in [0.15, 0.2) is 0 Å². The lowest BCUT2D eigenvalue weighted by atomic mass is 9.92. The van der Waals surface area contributed by atoms with E-state index in [2.05, 4.69) is 56.5 Å². The van der Waals surface area contributed by atoms with Crippen molar-refractivity contribution in [1.82, 2.24) is 4.90 Å². The molecule has 0 fully saturated rings. The first-order valence-corrected chi connectivity index (χ1v) is 9.93. The Hall–Kier alpha value is -2.39. The Kier molecular flexibility index (Phi) is 4.41. The van der Waals surface area contributed by atoms with Crippen LogP contribution in [-0.2, 0) is 6.42 Å². The standard InChI is InChI=1S/C23H23NOS/c1-15-4-7-18(8-5-15)22-20-11-13-26-21(20)10-12-24(22)23(25)19-9-6-16(2)17(3)14-19/h4-9,11,13-14,22H,10,12H2,1-3H3. The van der Waals surface area contributed by atoms with E-state index in [4.69, 9.17) is 0 Å². The van der Waals surface area contributed by atoms with Crippen LogP contribution in [0.3, 0.4) is 0 Å². The van der Waals surface area contributed by atoms with Crippen LogP contribution in [0.4, 0.5) is 0 Å². The van der Waals surface area contributed by atoms with E-state index >= 15 is 0 Å². The Labute approximate surface area is 159 Å². The number of nitrogens with zero attached hydrogens (tertiary/aromatic N) is 1. The van der Waals surface area contributed by atoms with Crippen LogP contribution in [0.1, 0.15) is 49.1 Å². The maximum atomic E-state index is 13.4. The van der Waals surface area contributed by atoms with Crippen LogP contribution < -0.4 is 0 Å². The van der Waals surface area contributed by atoms with E-state index in [1.165, 1.54) is 27.1 Å². The number of aryl methyl sites for hydroxylation is 3. The number of hydrogen-bond donors (Lipinski definition) is 0. The van der Waals surface area contributed by atoms with Gasteiger partial charge in [-0.1, -0.05) is 35.9 Å². The highest BCUT2D eigenvalue weighted by molar-refractivity contribution is 7.10. The fraction of sp³-hybridized carbons (Fsp3) is 0.261. The average Bonchev–Trinajstić information content (AvgIpc) is 3.12. The van der Waals surface area contributed by atoms with E-state index in [1.807, 2.05) is 23.1 Å². The van der Waals surface area contributed by atoms with Gasteiger partial charge < -0.3 is 4.90 Å². The predicted molar refractivity (Wildman–Crippen MR) is 108 cm³/mol. The van der Waals surface area contributed by atoms with Gasteiger partial charge in [-0.05, 0) is 73.0 Å². The summed E-state index contributed by atoms with van der Waals surface area (Å²) in [6.07, 6.45) is 0.936. The van der Waals surface area contributed by atoms with Crippen molar-refractivity contribution in [2.45, 2.75) is 33.2 Å². The van der Waals surface area contributed by atoms with E-state index in [-0.39, 0.29) is 11.9 Å². The highest BCUT2D eigenvalue weighted by atomic mass is 32.1.